The molecule has 0 radical (unpaired) electrons. The number of halogens is 1. The van der Waals surface area contributed by atoms with E-state index in [2.05, 4.69) is 32.1 Å². The van der Waals surface area contributed by atoms with E-state index in [4.69, 9.17) is 4.74 Å². The van der Waals surface area contributed by atoms with Gasteiger partial charge in [0.15, 0.2) is 0 Å². The zero-order valence-electron chi connectivity index (χ0n) is 11.6. The van der Waals surface area contributed by atoms with Gasteiger partial charge in [0.05, 0.1) is 12.6 Å². The van der Waals surface area contributed by atoms with E-state index in [0.29, 0.717) is 18.7 Å². The molecule has 5 nitrogen and oxygen atoms in total. The molecule has 108 valence electrons. The summed E-state index contributed by atoms with van der Waals surface area (Å²) in [5.41, 5.74) is 1.77. The van der Waals surface area contributed by atoms with E-state index in [1.54, 1.807) is 12.4 Å². The second kappa shape index (κ2) is 9.02. The number of nitrogens with zero attached hydrogens (tertiary/aromatic N) is 3. The van der Waals surface area contributed by atoms with Crippen LogP contribution in [-0.2, 0) is 6.61 Å². The van der Waals surface area contributed by atoms with Crippen molar-refractivity contribution < 1.29 is 4.74 Å². The molecule has 0 aliphatic carbocycles. The highest BCUT2D eigenvalue weighted by Crippen LogP contribution is 2.19. The molecule has 2 heterocycles. The lowest BCUT2D eigenvalue weighted by atomic mass is 10.3. The Morgan fingerprint density at radius 3 is 2.65 bits per heavy atom. The maximum absolute atomic E-state index is 11.5. The predicted molar refractivity (Wildman–Crippen MR) is 90.9 cm³/mol. The third kappa shape index (κ3) is 5.17. The molecule has 0 fully saturated rings. The summed E-state index contributed by atoms with van der Waals surface area (Å²) in [6, 6.07) is 5.32. The highest BCUT2D eigenvalue weighted by molar-refractivity contribution is 14.2. The van der Waals surface area contributed by atoms with Crippen LogP contribution in [0.5, 0.6) is 5.75 Å². The lowest BCUT2D eigenvalue weighted by molar-refractivity contribution is 0.303. The van der Waals surface area contributed by atoms with Gasteiger partial charge in [0.25, 0.3) is 5.56 Å². The number of hydrogen-bond acceptors (Lipinski definition) is 4. The third-order valence-electron chi connectivity index (χ3n) is 2.23. The van der Waals surface area contributed by atoms with E-state index in [1.807, 2.05) is 32.9 Å². The Balaban J connectivity index is 0.000000956. The van der Waals surface area contributed by atoms with Crippen molar-refractivity contribution in [1.82, 2.24) is 14.5 Å². The molecule has 20 heavy (non-hydrogen) atoms. The summed E-state index contributed by atoms with van der Waals surface area (Å²) in [4.78, 5) is 15.7. The van der Waals surface area contributed by atoms with Gasteiger partial charge in [-0.2, -0.15) is 5.10 Å². The number of pyridine rings is 1. The Morgan fingerprint density at radius 1 is 1.35 bits per heavy atom. The lowest BCUT2D eigenvalue weighted by Gasteiger charge is -2.06. The first kappa shape index (κ1) is 17.0. The molecule has 0 saturated heterocycles. The van der Waals surface area contributed by atoms with Crippen LogP contribution < -0.4 is 10.3 Å². The number of aryl methyl sites for hydroxylation is 1. The van der Waals surface area contributed by atoms with Crippen LogP contribution in [0.2, 0.25) is 0 Å². The zero-order chi connectivity index (χ0) is 15.0. The van der Waals surface area contributed by atoms with Crippen LogP contribution in [0.15, 0.2) is 35.4 Å². The van der Waals surface area contributed by atoms with Crippen LogP contribution in [0.4, 0.5) is 0 Å². The van der Waals surface area contributed by atoms with Gasteiger partial charge >= 0.3 is 0 Å². The molecule has 1 unspecified atom stereocenters. The molecule has 0 saturated carbocycles. The van der Waals surface area contributed by atoms with Gasteiger partial charge in [0.1, 0.15) is 12.4 Å². The fraction of sp³-hybridized carbons (Fsp3) is 0.308. The average Bonchev–Trinajstić information content (AvgIpc) is 2.49. The Morgan fingerprint density at radius 2 is 2.10 bits per heavy atom. The highest BCUT2D eigenvalue weighted by Gasteiger charge is 2.01. The summed E-state index contributed by atoms with van der Waals surface area (Å²) in [6.07, 6.45) is 3.61. The third-order valence-corrected chi connectivity index (χ3v) is 4.10. The van der Waals surface area contributed by atoms with E-state index in [-0.39, 0.29) is 5.56 Å². The quantitative estimate of drug-likeness (QED) is 0.579. The van der Waals surface area contributed by atoms with Crippen LogP contribution in [0.1, 0.15) is 25.1 Å². The second-order valence-electron chi connectivity index (χ2n) is 3.62. The molecule has 1 atom stereocenters. The zero-order valence-corrected chi connectivity index (χ0v) is 14.8. The van der Waals surface area contributed by atoms with Crippen molar-refractivity contribution >= 4 is 28.4 Å². The van der Waals surface area contributed by atoms with Crippen LogP contribution in [-0.4, -0.2) is 14.5 Å². The van der Waals surface area contributed by atoms with Crippen LogP contribution in [0, 0.1) is 6.92 Å². The summed E-state index contributed by atoms with van der Waals surface area (Å²) < 4.78 is 6.89. The van der Waals surface area contributed by atoms with Gasteiger partial charge < -0.3 is 4.74 Å². The minimum absolute atomic E-state index is 0.151. The van der Waals surface area contributed by atoms with E-state index >= 15 is 0 Å². The minimum Gasteiger partial charge on any atom is -0.487 e. The van der Waals surface area contributed by atoms with Crippen molar-refractivity contribution in [2.75, 3.05) is 0 Å². The van der Waals surface area contributed by atoms with Gasteiger partial charge in [0.2, 0.25) is 0 Å². The largest absolute Gasteiger partial charge is 0.487 e. The molecule has 0 aliphatic rings. The minimum atomic E-state index is -0.151. The van der Waals surface area contributed by atoms with Gasteiger partial charge in [-0.25, -0.2) is 4.45 Å². The fourth-order valence-electron chi connectivity index (χ4n) is 1.28. The van der Waals surface area contributed by atoms with E-state index in [1.165, 1.54) is 10.5 Å². The van der Waals surface area contributed by atoms with E-state index in [0.717, 1.165) is 11.3 Å². The number of ether oxygens (including phenoxy) is 1. The normalized spacial score (nSPS) is 10.2. The van der Waals surface area contributed by atoms with Gasteiger partial charge in [-0.15, -0.1) is 0 Å². The Hall–Kier alpha value is -1.01. The molecule has 0 aliphatic heterocycles. The van der Waals surface area contributed by atoms with Crippen molar-refractivity contribution in [2.45, 2.75) is 27.4 Å². The number of hydrogen-bond donors (Lipinski definition) is 0. The van der Waals surface area contributed by atoms with Crippen LogP contribution in [0.25, 0.3) is 0 Å². The summed E-state index contributed by atoms with van der Waals surface area (Å²) in [6.45, 7) is 6.31. The SMILES string of the molecule is CC.Cc1ccc(COc2cnn(PI)c(=O)c2)cn1. The summed E-state index contributed by atoms with van der Waals surface area (Å²) in [5.74, 6) is 0.478. The smallest absolute Gasteiger partial charge is 0.274 e. The second-order valence-corrected chi connectivity index (χ2v) is 5.66. The molecule has 0 bridgehead atoms. The predicted octanol–water partition coefficient (Wildman–Crippen LogP) is 3.34. The summed E-state index contributed by atoms with van der Waals surface area (Å²) in [5, 5.41) is 3.99. The topological polar surface area (TPSA) is 57.0 Å². The number of aromatic nitrogens is 3. The molecule has 0 aromatic carbocycles. The first-order valence-corrected chi connectivity index (χ1v) is 10.3. The standard InChI is InChI=1S/C11H11IN3O2P.C2H6/c1-8-2-3-9(5-13-8)7-17-10-4-11(16)15(18-12)14-6-10;1-2/h2-6,18H,7H2,1H3;1-2H3. The van der Waals surface area contributed by atoms with Crippen molar-refractivity contribution in [3.8, 4) is 5.75 Å². The summed E-state index contributed by atoms with van der Waals surface area (Å²) >= 11 is 2.10. The van der Waals surface area contributed by atoms with Gasteiger partial charge in [-0.3, -0.25) is 9.78 Å². The van der Waals surface area contributed by atoms with Crippen molar-refractivity contribution in [3.63, 3.8) is 0 Å². The Bertz CT molecular complexity index is 587. The molecular weight excluding hydrogens is 388 g/mol. The lowest BCUT2D eigenvalue weighted by Crippen LogP contribution is -2.14. The van der Waals surface area contributed by atoms with E-state index < -0.39 is 0 Å². The highest BCUT2D eigenvalue weighted by atomic mass is 127. The maximum Gasteiger partial charge on any atom is 0.274 e. The molecule has 0 amide bonds. The number of rotatable bonds is 4. The Kier molecular flexibility index (Phi) is 7.69. The van der Waals surface area contributed by atoms with Gasteiger partial charge in [0, 0.05) is 23.5 Å². The molecule has 7 heteroatoms. The van der Waals surface area contributed by atoms with Gasteiger partial charge in [-0.05, 0) is 35.0 Å². The fourth-order valence-corrected chi connectivity index (χ4v) is 2.62. The van der Waals surface area contributed by atoms with Crippen molar-refractivity contribution in [2.24, 2.45) is 0 Å². The molecular formula is C13H17IN3O2P. The molecule has 0 N–H and O–H groups in total. The Labute approximate surface area is 133 Å². The van der Waals surface area contributed by atoms with E-state index in [9.17, 15) is 4.79 Å². The van der Waals surface area contributed by atoms with Crippen LogP contribution >= 0.6 is 28.4 Å². The van der Waals surface area contributed by atoms with Crippen molar-refractivity contribution in [3.05, 3.63) is 52.2 Å². The summed E-state index contributed by atoms with van der Waals surface area (Å²) in [7, 11) is 0. The molecule has 2 aromatic rings. The van der Waals surface area contributed by atoms with Gasteiger partial charge in [-0.1, -0.05) is 19.9 Å². The maximum atomic E-state index is 11.5. The van der Waals surface area contributed by atoms with Crippen LogP contribution in [0.3, 0.4) is 0 Å². The average molecular weight is 405 g/mol. The first-order chi connectivity index (χ1) is 9.69. The molecule has 0 spiro atoms. The molecule has 2 rings (SSSR count). The van der Waals surface area contributed by atoms with Crippen molar-refractivity contribution in [1.29, 1.82) is 0 Å². The molecule has 2 aromatic heterocycles. The first-order valence-electron chi connectivity index (χ1n) is 6.19. The monoisotopic (exact) mass is 405 g/mol.